The molecule has 4 nitrogen and oxygen atoms in total. The Morgan fingerprint density at radius 3 is 3.15 bits per heavy atom. The number of thiazole rings is 1. The van der Waals surface area contributed by atoms with Gasteiger partial charge in [-0.1, -0.05) is 0 Å². The van der Waals surface area contributed by atoms with Crippen LogP contribution in [0.3, 0.4) is 0 Å². The number of hydrogen-bond donors (Lipinski definition) is 1. The van der Waals surface area contributed by atoms with Crippen LogP contribution in [0.1, 0.15) is 24.6 Å². The van der Waals surface area contributed by atoms with Crippen LogP contribution in [0.5, 0.6) is 0 Å². The molecular formula is C8H12N2O2S. The van der Waals surface area contributed by atoms with E-state index in [1.54, 1.807) is 5.51 Å². The molecule has 0 aliphatic rings. The molecule has 1 atom stereocenters. The highest BCUT2D eigenvalue weighted by Crippen LogP contribution is 2.15. The lowest BCUT2D eigenvalue weighted by Crippen LogP contribution is -2.13. The molecule has 0 amide bonds. The molecule has 5 heteroatoms. The van der Waals surface area contributed by atoms with Crippen LogP contribution in [0.25, 0.3) is 0 Å². The van der Waals surface area contributed by atoms with E-state index in [0.29, 0.717) is 12.8 Å². The van der Waals surface area contributed by atoms with E-state index in [9.17, 15) is 4.79 Å². The number of nitrogens with zero attached hydrogens (tertiary/aromatic N) is 1. The Hall–Kier alpha value is -0.940. The van der Waals surface area contributed by atoms with Crippen LogP contribution in [0.4, 0.5) is 0 Å². The van der Waals surface area contributed by atoms with Crippen molar-refractivity contribution in [1.29, 1.82) is 0 Å². The Balaban J connectivity index is 2.34. The molecule has 2 N–H and O–H groups in total. The zero-order valence-corrected chi connectivity index (χ0v) is 8.21. The number of carbonyl (C=O) groups excluding carboxylic acids is 1. The maximum absolute atomic E-state index is 10.8. The first-order valence-corrected chi connectivity index (χ1v) is 4.89. The number of methoxy groups -OCH3 is 1. The van der Waals surface area contributed by atoms with E-state index in [1.165, 1.54) is 18.4 Å². The third-order valence-corrected chi connectivity index (χ3v) is 2.32. The molecule has 0 spiro atoms. The van der Waals surface area contributed by atoms with Crippen molar-refractivity contribution in [2.45, 2.75) is 18.9 Å². The molecule has 72 valence electrons. The quantitative estimate of drug-likeness (QED) is 0.739. The van der Waals surface area contributed by atoms with Gasteiger partial charge in [0.25, 0.3) is 0 Å². The molecule has 1 rings (SSSR count). The molecule has 0 aliphatic carbocycles. The first-order valence-electron chi connectivity index (χ1n) is 3.94. The van der Waals surface area contributed by atoms with E-state index in [2.05, 4.69) is 9.72 Å². The number of nitrogens with two attached hydrogens (primary N) is 1. The molecule has 13 heavy (non-hydrogen) atoms. The van der Waals surface area contributed by atoms with Crippen LogP contribution >= 0.6 is 11.3 Å². The molecule has 0 aliphatic heterocycles. The molecule has 1 heterocycles. The normalized spacial score (nSPS) is 12.5. The number of carbonyl (C=O) groups is 1. The van der Waals surface area contributed by atoms with E-state index in [-0.39, 0.29) is 12.0 Å². The van der Waals surface area contributed by atoms with Crippen molar-refractivity contribution in [2.24, 2.45) is 5.73 Å². The topological polar surface area (TPSA) is 65.2 Å². The zero-order chi connectivity index (χ0) is 9.68. The highest BCUT2D eigenvalue weighted by Gasteiger charge is 2.10. The highest BCUT2D eigenvalue weighted by atomic mass is 32.1. The van der Waals surface area contributed by atoms with Crippen molar-refractivity contribution in [3.05, 3.63) is 16.6 Å². The number of esters is 1. The third-order valence-electron chi connectivity index (χ3n) is 1.72. The molecular weight excluding hydrogens is 188 g/mol. The van der Waals surface area contributed by atoms with Gasteiger partial charge in [0, 0.05) is 17.8 Å². The van der Waals surface area contributed by atoms with E-state index in [4.69, 9.17) is 5.73 Å². The van der Waals surface area contributed by atoms with Crippen LogP contribution in [-0.4, -0.2) is 18.1 Å². The Kier molecular flexibility index (Phi) is 3.85. The summed E-state index contributed by atoms with van der Waals surface area (Å²) >= 11 is 1.50. The average Bonchev–Trinajstić information content (AvgIpc) is 2.66. The Bertz CT molecular complexity index is 261. The standard InChI is InChI=1S/C8H12N2O2S/c1-12-8(11)3-2-6(9)7-4-13-5-10-7/h4-6H,2-3,9H2,1H3. The predicted molar refractivity (Wildman–Crippen MR) is 50.3 cm³/mol. The third kappa shape index (κ3) is 3.12. The van der Waals surface area contributed by atoms with Gasteiger partial charge in [0.1, 0.15) is 0 Å². The lowest BCUT2D eigenvalue weighted by Gasteiger charge is -2.06. The number of aromatic nitrogens is 1. The highest BCUT2D eigenvalue weighted by molar-refractivity contribution is 7.07. The summed E-state index contributed by atoms with van der Waals surface area (Å²) < 4.78 is 4.51. The summed E-state index contributed by atoms with van der Waals surface area (Å²) in [7, 11) is 1.37. The average molecular weight is 200 g/mol. The lowest BCUT2D eigenvalue weighted by atomic mass is 10.1. The second-order valence-corrected chi connectivity index (χ2v) is 3.35. The fraction of sp³-hybridized carbons (Fsp3) is 0.500. The van der Waals surface area contributed by atoms with Crippen LogP contribution in [-0.2, 0) is 9.53 Å². The SMILES string of the molecule is COC(=O)CCC(N)c1cscn1. The first-order chi connectivity index (χ1) is 6.24. The summed E-state index contributed by atoms with van der Waals surface area (Å²) in [6, 6.07) is -0.162. The summed E-state index contributed by atoms with van der Waals surface area (Å²) in [5, 5.41) is 1.89. The van der Waals surface area contributed by atoms with Gasteiger partial charge in [-0.3, -0.25) is 4.79 Å². The zero-order valence-electron chi connectivity index (χ0n) is 7.40. The van der Waals surface area contributed by atoms with E-state index in [1.807, 2.05) is 5.38 Å². The van der Waals surface area contributed by atoms with Crippen molar-refractivity contribution in [1.82, 2.24) is 4.98 Å². The summed E-state index contributed by atoms with van der Waals surface area (Å²) in [6.07, 6.45) is 0.922. The molecule has 0 bridgehead atoms. The molecule has 1 aromatic heterocycles. The van der Waals surface area contributed by atoms with Gasteiger partial charge in [0.2, 0.25) is 0 Å². The Morgan fingerprint density at radius 2 is 2.62 bits per heavy atom. The second-order valence-electron chi connectivity index (χ2n) is 2.63. The minimum Gasteiger partial charge on any atom is -0.469 e. The van der Waals surface area contributed by atoms with Crippen LogP contribution in [0.15, 0.2) is 10.9 Å². The fourth-order valence-corrected chi connectivity index (χ4v) is 1.55. The van der Waals surface area contributed by atoms with Gasteiger partial charge < -0.3 is 10.5 Å². The number of ether oxygens (including phenoxy) is 1. The van der Waals surface area contributed by atoms with Crippen molar-refractivity contribution < 1.29 is 9.53 Å². The number of hydrogen-bond acceptors (Lipinski definition) is 5. The maximum Gasteiger partial charge on any atom is 0.305 e. The molecule has 0 aromatic carbocycles. The van der Waals surface area contributed by atoms with Crippen molar-refractivity contribution >= 4 is 17.3 Å². The smallest absolute Gasteiger partial charge is 0.305 e. The van der Waals surface area contributed by atoms with Crippen molar-refractivity contribution in [2.75, 3.05) is 7.11 Å². The summed E-state index contributed by atoms with van der Waals surface area (Å²) in [4.78, 5) is 14.9. The minimum absolute atomic E-state index is 0.162. The van der Waals surface area contributed by atoms with Crippen LogP contribution < -0.4 is 5.73 Å². The Morgan fingerprint density at radius 1 is 1.85 bits per heavy atom. The molecule has 1 unspecified atom stereocenters. The summed E-state index contributed by atoms with van der Waals surface area (Å²) in [5.74, 6) is -0.231. The molecule has 0 saturated heterocycles. The molecule has 0 radical (unpaired) electrons. The summed E-state index contributed by atoms with van der Waals surface area (Å²) in [6.45, 7) is 0. The fourth-order valence-electron chi connectivity index (χ4n) is 0.928. The van der Waals surface area contributed by atoms with Crippen molar-refractivity contribution in [3.8, 4) is 0 Å². The largest absolute Gasteiger partial charge is 0.469 e. The second kappa shape index (κ2) is 4.94. The minimum atomic E-state index is -0.231. The molecule has 0 saturated carbocycles. The number of rotatable bonds is 4. The van der Waals surface area contributed by atoms with Crippen LogP contribution in [0.2, 0.25) is 0 Å². The predicted octanol–water partition coefficient (Wildman–Crippen LogP) is 1.10. The van der Waals surface area contributed by atoms with Gasteiger partial charge in [0.15, 0.2) is 0 Å². The monoisotopic (exact) mass is 200 g/mol. The van der Waals surface area contributed by atoms with E-state index in [0.717, 1.165) is 5.69 Å². The van der Waals surface area contributed by atoms with Crippen LogP contribution in [0, 0.1) is 0 Å². The lowest BCUT2D eigenvalue weighted by molar-refractivity contribution is -0.140. The van der Waals surface area contributed by atoms with Gasteiger partial charge in [-0.2, -0.15) is 0 Å². The Labute approximate surface area is 80.7 Å². The van der Waals surface area contributed by atoms with Gasteiger partial charge in [-0.05, 0) is 6.42 Å². The summed E-state index contributed by atoms with van der Waals surface area (Å²) in [5.41, 5.74) is 8.35. The van der Waals surface area contributed by atoms with E-state index >= 15 is 0 Å². The van der Waals surface area contributed by atoms with Gasteiger partial charge in [-0.25, -0.2) is 4.98 Å². The van der Waals surface area contributed by atoms with Gasteiger partial charge in [0.05, 0.1) is 18.3 Å². The molecule has 1 aromatic rings. The van der Waals surface area contributed by atoms with Crippen molar-refractivity contribution in [3.63, 3.8) is 0 Å². The first kappa shape index (κ1) is 10.1. The van der Waals surface area contributed by atoms with Gasteiger partial charge >= 0.3 is 5.97 Å². The molecule has 0 fully saturated rings. The maximum atomic E-state index is 10.8. The van der Waals surface area contributed by atoms with E-state index < -0.39 is 0 Å². The van der Waals surface area contributed by atoms with Gasteiger partial charge in [-0.15, -0.1) is 11.3 Å².